The lowest BCUT2D eigenvalue weighted by atomic mass is 9.94. The maximum absolute atomic E-state index is 12.4. The molecule has 5 aromatic rings. The van der Waals surface area contributed by atoms with E-state index in [2.05, 4.69) is 19.9 Å². The molecule has 0 saturated heterocycles. The highest BCUT2D eigenvalue weighted by Crippen LogP contribution is 2.44. The minimum Gasteiger partial charge on any atom is -0.496 e. The van der Waals surface area contributed by atoms with Crippen LogP contribution in [0.4, 0.5) is 5.82 Å². The van der Waals surface area contributed by atoms with E-state index in [9.17, 15) is 4.79 Å². The van der Waals surface area contributed by atoms with Gasteiger partial charge in [0.25, 0.3) is 5.91 Å². The highest BCUT2D eigenvalue weighted by atomic mass is 35.5. The van der Waals surface area contributed by atoms with E-state index in [0.717, 1.165) is 27.8 Å². The third-order valence-corrected chi connectivity index (χ3v) is 7.07. The van der Waals surface area contributed by atoms with Crippen LogP contribution in [0.25, 0.3) is 33.4 Å². The summed E-state index contributed by atoms with van der Waals surface area (Å²) in [4.78, 5) is 31.1. The molecular weight excluding hydrogens is 516 g/mol. The van der Waals surface area contributed by atoms with Gasteiger partial charge in [0.05, 0.1) is 18.5 Å². The number of ether oxygens (including phenoxy) is 1. The molecule has 10 nitrogen and oxygen atoms in total. The summed E-state index contributed by atoms with van der Waals surface area (Å²) >= 11 is 6.78. The molecule has 1 aromatic carbocycles. The molecule has 1 unspecified atom stereocenters. The summed E-state index contributed by atoms with van der Waals surface area (Å²) in [6.07, 6.45) is 6.48. The van der Waals surface area contributed by atoms with E-state index in [1.165, 1.54) is 11.2 Å². The molecule has 0 bridgehead atoms. The van der Waals surface area contributed by atoms with Gasteiger partial charge in [0.15, 0.2) is 5.65 Å². The standard InChI is InChI=1S/C28H27ClN8O2/c1-15-20(29)12-19(25(39-5)22(15)18-6-7-21(32-13-18)28(38)36(3)4)16(2)37-27-23(26(30)33-14-34-27)24(35-37)17-8-10-31-11-9-17/h6-14,16H,1-5H3,(H2,30,33,34). The summed E-state index contributed by atoms with van der Waals surface area (Å²) in [6.45, 7) is 3.91. The molecule has 0 aliphatic heterocycles. The Morgan fingerprint density at radius 2 is 1.85 bits per heavy atom. The second-order valence-electron chi connectivity index (χ2n) is 9.28. The van der Waals surface area contributed by atoms with Gasteiger partial charge in [-0.2, -0.15) is 5.10 Å². The normalized spacial score (nSPS) is 11.9. The minimum absolute atomic E-state index is 0.178. The zero-order chi connectivity index (χ0) is 27.8. The van der Waals surface area contributed by atoms with Crippen LogP contribution in [0.1, 0.15) is 34.6 Å². The van der Waals surface area contributed by atoms with Crippen LogP contribution in [0.2, 0.25) is 5.02 Å². The average molecular weight is 543 g/mol. The van der Waals surface area contributed by atoms with Gasteiger partial charge in [-0.1, -0.05) is 17.7 Å². The summed E-state index contributed by atoms with van der Waals surface area (Å²) < 4.78 is 7.78. The van der Waals surface area contributed by atoms with Crippen LogP contribution in [0.15, 0.2) is 55.2 Å². The van der Waals surface area contributed by atoms with Gasteiger partial charge in [-0.3, -0.25) is 14.8 Å². The Kier molecular flexibility index (Phi) is 6.88. The van der Waals surface area contributed by atoms with Crippen LogP contribution in [0.3, 0.4) is 0 Å². The van der Waals surface area contributed by atoms with Gasteiger partial charge in [-0.05, 0) is 43.7 Å². The SMILES string of the molecule is COc1c(C(C)n2nc(-c3ccncc3)c3c(N)ncnc32)cc(Cl)c(C)c1-c1ccc(C(=O)N(C)C)nc1. The highest BCUT2D eigenvalue weighted by molar-refractivity contribution is 6.32. The van der Waals surface area contributed by atoms with Crippen molar-refractivity contribution in [1.29, 1.82) is 0 Å². The maximum Gasteiger partial charge on any atom is 0.271 e. The van der Waals surface area contributed by atoms with Crippen LogP contribution >= 0.6 is 11.6 Å². The number of benzene rings is 1. The number of fused-ring (bicyclic) bond motifs is 1. The molecule has 4 aromatic heterocycles. The van der Waals surface area contributed by atoms with E-state index in [1.54, 1.807) is 50.5 Å². The molecule has 1 atom stereocenters. The Labute approximate surface area is 230 Å². The summed E-state index contributed by atoms with van der Waals surface area (Å²) in [5, 5.41) is 6.14. The van der Waals surface area contributed by atoms with E-state index >= 15 is 0 Å². The number of hydrogen-bond acceptors (Lipinski definition) is 8. The number of anilines is 1. The first-order valence-electron chi connectivity index (χ1n) is 12.2. The van der Waals surface area contributed by atoms with Crippen LogP contribution in [0.5, 0.6) is 5.75 Å². The molecule has 0 saturated carbocycles. The molecule has 4 heterocycles. The summed E-state index contributed by atoms with van der Waals surface area (Å²) in [5.74, 6) is 0.773. The molecule has 5 rings (SSSR count). The van der Waals surface area contributed by atoms with E-state index in [-0.39, 0.29) is 11.9 Å². The zero-order valence-corrected chi connectivity index (χ0v) is 22.9. The molecular formula is C28H27ClN8O2. The smallest absolute Gasteiger partial charge is 0.271 e. The summed E-state index contributed by atoms with van der Waals surface area (Å²) in [7, 11) is 4.99. The number of carbonyl (C=O) groups excluding carboxylic acids is 1. The Hall–Kier alpha value is -4.57. The molecule has 11 heteroatoms. The fourth-order valence-corrected chi connectivity index (χ4v) is 4.84. The van der Waals surface area contributed by atoms with Crippen molar-refractivity contribution in [1.82, 2.24) is 34.6 Å². The second-order valence-corrected chi connectivity index (χ2v) is 9.68. The van der Waals surface area contributed by atoms with Crippen molar-refractivity contribution in [3.8, 4) is 28.1 Å². The van der Waals surface area contributed by atoms with Gasteiger partial charge in [-0.25, -0.2) is 14.6 Å². The third-order valence-electron chi connectivity index (χ3n) is 6.68. The Morgan fingerprint density at radius 1 is 1.10 bits per heavy atom. The predicted octanol–water partition coefficient (Wildman–Crippen LogP) is 4.81. The second kappa shape index (κ2) is 10.3. The van der Waals surface area contributed by atoms with Crippen molar-refractivity contribution in [2.45, 2.75) is 19.9 Å². The number of amides is 1. The molecule has 2 N–H and O–H groups in total. The van der Waals surface area contributed by atoms with Gasteiger partial charge in [0.2, 0.25) is 0 Å². The van der Waals surface area contributed by atoms with E-state index in [1.807, 2.05) is 38.1 Å². The fraction of sp³-hybridized carbons (Fsp3) is 0.214. The highest BCUT2D eigenvalue weighted by Gasteiger charge is 2.26. The first-order chi connectivity index (χ1) is 18.7. The van der Waals surface area contributed by atoms with Crippen molar-refractivity contribution in [2.24, 2.45) is 0 Å². The van der Waals surface area contributed by atoms with Gasteiger partial charge >= 0.3 is 0 Å². The molecule has 0 aliphatic rings. The van der Waals surface area contributed by atoms with E-state index in [0.29, 0.717) is 39.0 Å². The van der Waals surface area contributed by atoms with Gasteiger partial charge < -0.3 is 15.4 Å². The van der Waals surface area contributed by atoms with Crippen molar-refractivity contribution < 1.29 is 9.53 Å². The van der Waals surface area contributed by atoms with E-state index in [4.69, 9.17) is 27.2 Å². The first kappa shape index (κ1) is 26.1. The summed E-state index contributed by atoms with van der Waals surface area (Å²) in [5.41, 5.74) is 11.9. The lowest BCUT2D eigenvalue weighted by molar-refractivity contribution is 0.0822. The quantitative estimate of drug-likeness (QED) is 0.324. The number of rotatable bonds is 6. The molecule has 0 radical (unpaired) electrons. The molecule has 39 heavy (non-hydrogen) atoms. The van der Waals surface area contributed by atoms with Crippen molar-refractivity contribution in [2.75, 3.05) is 26.9 Å². The van der Waals surface area contributed by atoms with Gasteiger partial charge in [0, 0.05) is 60.0 Å². The van der Waals surface area contributed by atoms with Gasteiger partial charge in [-0.15, -0.1) is 0 Å². The molecule has 1 amide bonds. The Morgan fingerprint density at radius 3 is 2.49 bits per heavy atom. The predicted molar refractivity (Wildman–Crippen MR) is 151 cm³/mol. The van der Waals surface area contributed by atoms with Crippen molar-refractivity contribution in [3.63, 3.8) is 0 Å². The number of nitrogens with zero attached hydrogens (tertiary/aromatic N) is 7. The summed E-state index contributed by atoms with van der Waals surface area (Å²) in [6, 6.07) is 8.79. The maximum atomic E-state index is 12.4. The molecule has 0 aliphatic carbocycles. The fourth-order valence-electron chi connectivity index (χ4n) is 4.63. The van der Waals surface area contributed by atoms with Crippen molar-refractivity contribution >= 4 is 34.4 Å². The Balaban J connectivity index is 1.68. The third kappa shape index (κ3) is 4.52. The van der Waals surface area contributed by atoms with Crippen LogP contribution in [-0.2, 0) is 0 Å². The number of nitrogen functional groups attached to an aromatic ring is 1. The lowest BCUT2D eigenvalue weighted by Gasteiger charge is -2.22. The number of carbonyl (C=O) groups is 1. The lowest BCUT2D eigenvalue weighted by Crippen LogP contribution is -2.22. The number of hydrogen-bond donors (Lipinski definition) is 1. The molecule has 198 valence electrons. The zero-order valence-electron chi connectivity index (χ0n) is 22.2. The minimum atomic E-state index is -0.355. The van der Waals surface area contributed by atoms with E-state index < -0.39 is 0 Å². The largest absolute Gasteiger partial charge is 0.496 e. The number of aromatic nitrogens is 6. The number of halogens is 1. The topological polar surface area (TPSA) is 125 Å². The molecule has 0 spiro atoms. The van der Waals surface area contributed by atoms with Crippen molar-refractivity contribution in [3.05, 3.63) is 77.1 Å². The number of nitrogens with two attached hydrogens (primary N) is 1. The number of methoxy groups -OCH3 is 1. The first-order valence-corrected chi connectivity index (χ1v) is 12.5. The Bertz CT molecular complexity index is 1680. The average Bonchev–Trinajstić information content (AvgIpc) is 3.35. The van der Waals surface area contributed by atoms with Crippen LogP contribution < -0.4 is 10.5 Å². The number of pyridine rings is 2. The van der Waals surface area contributed by atoms with Gasteiger partial charge in [0.1, 0.15) is 29.3 Å². The molecule has 0 fully saturated rings. The van der Waals surface area contributed by atoms with Crippen LogP contribution in [-0.4, -0.2) is 61.7 Å². The monoisotopic (exact) mass is 542 g/mol. The van der Waals surface area contributed by atoms with Crippen LogP contribution in [0, 0.1) is 6.92 Å².